The van der Waals surface area contributed by atoms with Gasteiger partial charge in [0.25, 0.3) is 0 Å². The first-order valence-corrected chi connectivity index (χ1v) is 8.34. The van der Waals surface area contributed by atoms with E-state index in [1.54, 1.807) is 0 Å². The molecule has 2 fully saturated rings. The number of methoxy groups -OCH3 is 1. The third-order valence-corrected chi connectivity index (χ3v) is 4.19. The van der Waals surface area contributed by atoms with Gasteiger partial charge in [-0.15, -0.1) is 0 Å². The van der Waals surface area contributed by atoms with Crippen LogP contribution >= 0.6 is 0 Å². The monoisotopic (exact) mass is 366 g/mol. The van der Waals surface area contributed by atoms with Gasteiger partial charge in [-0.2, -0.15) is 0 Å². The van der Waals surface area contributed by atoms with Crippen molar-refractivity contribution in [1.29, 1.82) is 0 Å². The molecule has 0 bridgehead atoms. The van der Waals surface area contributed by atoms with Crippen molar-refractivity contribution in [3.8, 4) is 0 Å². The van der Waals surface area contributed by atoms with Gasteiger partial charge in [0.2, 0.25) is 0 Å². The van der Waals surface area contributed by atoms with E-state index in [4.69, 9.17) is 28.4 Å². The van der Waals surface area contributed by atoms with E-state index in [1.807, 2.05) is 30.3 Å². The molecule has 0 radical (unpaired) electrons. The number of benzene rings is 1. The van der Waals surface area contributed by atoms with E-state index >= 15 is 0 Å². The molecule has 8 nitrogen and oxygen atoms in total. The van der Waals surface area contributed by atoms with Crippen molar-refractivity contribution in [3.63, 3.8) is 0 Å². The summed E-state index contributed by atoms with van der Waals surface area (Å²) in [6.45, 7) is 2.76. The molecule has 2 heterocycles. The van der Waals surface area contributed by atoms with Crippen LogP contribution in [0, 0.1) is 0 Å². The molecule has 0 aromatic heterocycles. The van der Waals surface area contributed by atoms with E-state index in [0.717, 1.165) is 5.56 Å². The fourth-order valence-electron chi connectivity index (χ4n) is 3.16. The van der Waals surface area contributed by atoms with Crippen molar-refractivity contribution >= 4 is 11.9 Å². The lowest BCUT2D eigenvalue weighted by atomic mass is 9.97. The van der Waals surface area contributed by atoms with Gasteiger partial charge in [-0.05, 0) is 0 Å². The summed E-state index contributed by atoms with van der Waals surface area (Å²) in [6.07, 6.45) is -4.57. The van der Waals surface area contributed by atoms with E-state index in [-0.39, 0.29) is 6.61 Å². The molecule has 3 rings (SSSR count). The van der Waals surface area contributed by atoms with E-state index in [1.165, 1.54) is 21.0 Å². The SMILES string of the molecule is CO[C@H]1O[C@@H]2CO[C@H](c3ccccc3)O[C@@H]2[C@H](OC(C)=O)[C@H]1OC(C)=O. The average molecular weight is 366 g/mol. The Balaban J connectivity index is 1.86. The van der Waals surface area contributed by atoms with Crippen LogP contribution in [-0.2, 0) is 38.0 Å². The molecular weight excluding hydrogens is 344 g/mol. The standard InChI is InChI=1S/C18H22O8/c1-10(19)23-15-14-13(25-18(21-3)16(15)24-11(2)20)9-22-17(26-14)12-7-5-4-6-8-12/h4-8,13-18H,9H2,1-3H3/t13-,14+,15+,16-,17+,18+/m1/s1. The summed E-state index contributed by atoms with van der Waals surface area (Å²) >= 11 is 0. The number of ether oxygens (including phenoxy) is 6. The van der Waals surface area contributed by atoms with Gasteiger partial charge in [0.1, 0.15) is 12.2 Å². The van der Waals surface area contributed by atoms with Crippen molar-refractivity contribution < 1.29 is 38.0 Å². The molecule has 0 unspecified atom stereocenters. The van der Waals surface area contributed by atoms with Gasteiger partial charge in [-0.3, -0.25) is 9.59 Å². The first-order valence-electron chi connectivity index (χ1n) is 8.34. The number of carbonyl (C=O) groups excluding carboxylic acids is 2. The summed E-state index contributed by atoms with van der Waals surface area (Å²) in [7, 11) is 1.42. The molecule has 2 aliphatic rings. The highest BCUT2D eigenvalue weighted by atomic mass is 16.8. The van der Waals surface area contributed by atoms with Crippen molar-refractivity contribution in [3.05, 3.63) is 35.9 Å². The fourth-order valence-corrected chi connectivity index (χ4v) is 3.16. The van der Waals surface area contributed by atoms with Crippen molar-refractivity contribution in [2.45, 2.75) is 50.8 Å². The lowest BCUT2D eigenvalue weighted by molar-refractivity contribution is -0.359. The second-order valence-corrected chi connectivity index (χ2v) is 6.10. The van der Waals surface area contributed by atoms with Crippen molar-refractivity contribution in [2.24, 2.45) is 0 Å². The summed E-state index contributed by atoms with van der Waals surface area (Å²) in [5.74, 6) is -1.06. The van der Waals surface area contributed by atoms with Crippen LogP contribution in [0.4, 0.5) is 0 Å². The highest BCUT2D eigenvalue weighted by Gasteiger charge is 2.53. The third-order valence-electron chi connectivity index (χ3n) is 4.19. The van der Waals surface area contributed by atoms with Gasteiger partial charge in [-0.25, -0.2) is 0 Å². The zero-order valence-electron chi connectivity index (χ0n) is 14.8. The average Bonchev–Trinajstić information content (AvgIpc) is 2.63. The Morgan fingerprint density at radius 2 is 1.65 bits per heavy atom. The summed E-state index contributed by atoms with van der Waals surface area (Å²) < 4.78 is 33.6. The van der Waals surface area contributed by atoms with Crippen molar-refractivity contribution in [2.75, 3.05) is 13.7 Å². The second kappa shape index (κ2) is 8.13. The minimum Gasteiger partial charge on any atom is -0.455 e. The zero-order chi connectivity index (χ0) is 18.7. The second-order valence-electron chi connectivity index (χ2n) is 6.10. The first kappa shape index (κ1) is 18.8. The lowest BCUT2D eigenvalue weighted by Crippen LogP contribution is -2.64. The Morgan fingerprint density at radius 3 is 2.27 bits per heavy atom. The molecule has 0 spiro atoms. The topological polar surface area (TPSA) is 89.5 Å². The molecule has 2 saturated heterocycles. The van der Waals surface area contributed by atoms with Gasteiger partial charge in [0, 0.05) is 26.5 Å². The Kier molecular flexibility index (Phi) is 5.87. The number of carbonyl (C=O) groups is 2. The number of esters is 2. The van der Waals surface area contributed by atoms with Crippen LogP contribution in [0.1, 0.15) is 25.7 Å². The maximum atomic E-state index is 11.6. The van der Waals surface area contributed by atoms with Crippen LogP contribution in [-0.4, -0.2) is 56.4 Å². The van der Waals surface area contributed by atoms with Gasteiger partial charge >= 0.3 is 11.9 Å². The lowest BCUT2D eigenvalue weighted by Gasteiger charge is -2.47. The van der Waals surface area contributed by atoms with E-state index in [2.05, 4.69) is 0 Å². The number of rotatable bonds is 4. The molecule has 0 aliphatic carbocycles. The van der Waals surface area contributed by atoms with Crippen LogP contribution in [0.15, 0.2) is 30.3 Å². The van der Waals surface area contributed by atoms with Crippen LogP contribution in [0.3, 0.4) is 0 Å². The maximum Gasteiger partial charge on any atom is 0.303 e. The Bertz CT molecular complexity index is 633. The number of hydrogen-bond donors (Lipinski definition) is 0. The Hall–Kier alpha value is -2.00. The van der Waals surface area contributed by atoms with Gasteiger partial charge in [0.15, 0.2) is 24.8 Å². The van der Waals surface area contributed by atoms with Crippen LogP contribution in [0.2, 0.25) is 0 Å². The molecule has 26 heavy (non-hydrogen) atoms. The molecule has 142 valence electrons. The molecular formula is C18H22O8. The zero-order valence-corrected chi connectivity index (χ0v) is 14.8. The molecule has 1 aromatic rings. The minimum atomic E-state index is -0.947. The van der Waals surface area contributed by atoms with Crippen LogP contribution < -0.4 is 0 Å². The third kappa shape index (κ3) is 4.04. The molecule has 8 heteroatoms. The maximum absolute atomic E-state index is 11.6. The van der Waals surface area contributed by atoms with Gasteiger partial charge < -0.3 is 28.4 Å². The summed E-state index contributed by atoms with van der Waals surface area (Å²) in [5.41, 5.74) is 0.824. The molecule has 0 saturated carbocycles. The highest BCUT2D eigenvalue weighted by molar-refractivity contribution is 5.67. The predicted octanol–water partition coefficient (Wildman–Crippen LogP) is 1.34. The number of hydrogen-bond acceptors (Lipinski definition) is 8. The highest BCUT2D eigenvalue weighted by Crippen LogP contribution is 2.36. The molecule has 1 aromatic carbocycles. The largest absolute Gasteiger partial charge is 0.455 e. The summed E-state index contributed by atoms with van der Waals surface area (Å²) in [5, 5.41) is 0. The molecule has 0 amide bonds. The van der Waals surface area contributed by atoms with Gasteiger partial charge in [-0.1, -0.05) is 30.3 Å². The van der Waals surface area contributed by atoms with E-state index in [9.17, 15) is 9.59 Å². The van der Waals surface area contributed by atoms with E-state index < -0.39 is 48.9 Å². The summed E-state index contributed by atoms with van der Waals surface area (Å²) in [4.78, 5) is 23.1. The normalized spacial score (nSPS) is 33.8. The Labute approximate surface area is 151 Å². The van der Waals surface area contributed by atoms with E-state index in [0.29, 0.717) is 0 Å². The predicted molar refractivity (Wildman–Crippen MR) is 86.8 cm³/mol. The molecule has 0 N–H and O–H groups in total. The number of fused-ring (bicyclic) bond motifs is 1. The fraction of sp³-hybridized carbons (Fsp3) is 0.556. The van der Waals surface area contributed by atoms with Crippen LogP contribution in [0.25, 0.3) is 0 Å². The first-order chi connectivity index (χ1) is 12.5. The Morgan fingerprint density at radius 1 is 1.00 bits per heavy atom. The smallest absolute Gasteiger partial charge is 0.303 e. The van der Waals surface area contributed by atoms with Crippen molar-refractivity contribution in [1.82, 2.24) is 0 Å². The van der Waals surface area contributed by atoms with Crippen LogP contribution in [0.5, 0.6) is 0 Å². The molecule has 6 atom stereocenters. The summed E-state index contributed by atoms with van der Waals surface area (Å²) in [6, 6.07) is 9.38. The quantitative estimate of drug-likeness (QED) is 0.738. The molecule has 2 aliphatic heterocycles. The van der Waals surface area contributed by atoms with Gasteiger partial charge in [0.05, 0.1) is 6.61 Å². The minimum absolute atomic E-state index is 0.217.